The lowest BCUT2D eigenvalue weighted by Crippen LogP contribution is -2.56. The smallest absolute Gasteiger partial charge is 0.327 e. The molecule has 0 rings (SSSR count). The summed E-state index contributed by atoms with van der Waals surface area (Å²) in [6.07, 6.45) is -0.573. The van der Waals surface area contributed by atoms with E-state index in [4.69, 9.17) is 9.47 Å². The molecule has 0 heterocycles. The van der Waals surface area contributed by atoms with Crippen LogP contribution in [0.1, 0.15) is 41.0 Å². The van der Waals surface area contributed by atoms with Crippen molar-refractivity contribution in [3.63, 3.8) is 0 Å². The van der Waals surface area contributed by atoms with E-state index in [-0.39, 0.29) is 19.1 Å². The molecule has 0 aliphatic heterocycles. The molecule has 10 heteroatoms. The average molecular weight is 388 g/mol. The van der Waals surface area contributed by atoms with E-state index in [1.54, 1.807) is 20.8 Å². The van der Waals surface area contributed by atoms with E-state index < -0.39 is 54.1 Å². The maximum atomic E-state index is 12.5. The van der Waals surface area contributed by atoms with E-state index in [0.29, 0.717) is 0 Å². The zero-order valence-corrected chi connectivity index (χ0v) is 16.2. The summed E-state index contributed by atoms with van der Waals surface area (Å²) < 4.78 is 9.60. The van der Waals surface area contributed by atoms with Crippen molar-refractivity contribution in [1.82, 2.24) is 10.6 Å². The van der Waals surface area contributed by atoms with E-state index in [0.717, 1.165) is 0 Å². The van der Waals surface area contributed by atoms with Crippen LogP contribution in [0.25, 0.3) is 0 Å². The molecule has 0 fully saturated rings. The molecule has 27 heavy (non-hydrogen) atoms. The van der Waals surface area contributed by atoms with Gasteiger partial charge >= 0.3 is 17.9 Å². The largest absolute Gasteiger partial charge is 0.480 e. The molecule has 3 atom stereocenters. The third-order valence-electron chi connectivity index (χ3n) is 3.56. The van der Waals surface area contributed by atoms with E-state index in [1.807, 2.05) is 0 Å². The highest BCUT2D eigenvalue weighted by atomic mass is 16.5. The molecule has 0 saturated heterocycles. The molecule has 0 spiro atoms. The Hall–Kier alpha value is -2.65. The Balaban J connectivity index is 5.58. The molecule has 0 aromatic carbocycles. The van der Waals surface area contributed by atoms with Crippen LogP contribution >= 0.6 is 0 Å². The van der Waals surface area contributed by atoms with Gasteiger partial charge in [-0.3, -0.25) is 19.2 Å². The molecular weight excluding hydrogens is 360 g/mol. The zero-order valence-electron chi connectivity index (χ0n) is 16.2. The second kappa shape index (κ2) is 11.9. The second-order valence-electron chi connectivity index (χ2n) is 6.11. The number of aliphatic carboxylic acids is 1. The Kier molecular flexibility index (Phi) is 10.7. The predicted octanol–water partition coefficient (Wildman–Crippen LogP) is -0.151. The molecule has 0 aliphatic rings. The van der Waals surface area contributed by atoms with Crippen LogP contribution in [0.4, 0.5) is 0 Å². The summed E-state index contributed by atoms with van der Waals surface area (Å²) in [5, 5.41) is 14.1. The summed E-state index contributed by atoms with van der Waals surface area (Å²) in [7, 11) is 0. The predicted molar refractivity (Wildman–Crippen MR) is 93.4 cm³/mol. The molecule has 0 bridgehead atoms. The lowest BCUT2D eigenvalue weighted by Gasteiger charge is -2.26. The maximum Gasteiger partial charge on any atom is 0.327 e. The van der Waals surface area contributed by atoms with Gasteiger partial charge < -0.3 is 25.2 Å². The van der Waals surface area contributed by atoms with Crippen molar-refractivity contribution < 1.29 is 38.6 Å². The van der Waals surface area contributed by atoms with Gasteiger partial charge in [-0.1, -0.05) is 13.8 Å². The van der Waals surface area contributed by atoms with Crippen molar-refractivity contribution in [2.45, 2.75) is 53.1 Å². The van der Waals surface area contributed by atoms with Crippen LogP contribution in [0.5, 0.6) is 0 Å². The average Bonchev–Trinajstić information content (AvgIpc) is 2.55. The summed E-state index contributed by atoms with van der Waals surface area (Å²) >= 11 is 0. The first-order valence-electron chi connectivity index (χ1n) is 8.67. The number of rotatable bonds is 11. The van der Waals surface area contributed by atoms with Gasteiger partial charge in [-0.15, -0.1) is 0 Å². The van der Waals surface area contributed by atoms with E-state index >= 15 is 0 Å². The minimum Gasteiger partial charge on any atom is -0.480 e. The highest BCUT2D eigenvalue weighted by molar-refractivity contribution is 5.93. The fourth-order valence-corrected chi connectivity index (χ4v) is 2.32. The lowest BCUT2D eigenvalue weighted by molar-refractivity contribution is -0.160. The molecule has 0 aromatic rings. The summed E-state index contributed by atoms with van der Waals surface area (Å²) in [4.78, 5) is 59.4. The number of carbonyl (C=O) groups is 5. The number of nitrogens with one attached hydrogen (secondary N) is 2. The van der Waals surface area contributed by atoms with Gasteiger partial charge in [-0.25, -0.2) is 4.79 Å². The van der Waals surface area contributed by atoms with Crippen molar-refractivity contribution in [2.75, 3.05) is 13.2 Å². The van der Waals surface area contributed by atoms with Crippen LogP contribution in [0.3, 0.4) is 0 Å². The van der Waals surface area contributed by atoms with E-state index in [1.165, 1.54) is 13.8 Å². The molecule has 0 radical (unpaired) electrons. The van der Waals surface area contributed by atoms with Gasteiger partial charge in [0.25, 0.3) is 0 Å². The van der Waals surface area contributed by atoms with Gasteiger partial charge in [0.15, 0.2) is 0 Å². The Morgan fingerprint density at radius 2 is 1.48 bits per heavy atom. The fraction of sp³-hybridized carbons (Fsp3) is 0.706. The molecule has 0 unspecified atom stereocenters. The number of hydrogen-bond acceptors (Lipinski definition) is 7. The third-order valence-corrected chi connectivity index (χ3v) is 3.56. The number of carboxylic acids is 1. The Morgan fingerprint density at radius 3 is 1.89 bits per heavy atom. The van der Waals surface area contributed by atoms with Crippen molar-refractivity contribution in [3.05, 3.63) is 0 Å². The van der Waals surface area contributed by atoms with Gasteiger partial charge in [0.1, 0.15) is 12.1 Å². The number of carboxylic acid groups (broad SMARTS) is 1. The van der Waals surface area contributed by atoms with Crippen LogP contribution in [0.15, 0.2) is 0 Å². The molecule has 0 aromatic heterocycles. The monoisotopic (exact) mass is 388 g/mol. The Labute approximate surface area is 158 Å². The molecule has 0 aliphatic carbocycles. The van der Waals surface area contributed by atoms with Crippen LogP contribution in [0, 0.1) is 11.8 Å². The molecule has 10 nitrogen and oxygen atoms in total. The van der Waals surface area contributed by atoms with Crippen LogP contribution in [-0.2, 0) is 33.4 Å². The van der Waals surface area contributed by atoms with Crippen LogP contribution < -0.4 is 10.6 Å². The van der Waals surface area contributed by atoms with E-state index in [2.05, 4.69) is 10.6 Å². The van der Waals surface area contributed by atoms with Gasteiger partial charge in [0, 0.05) is 6.92 Å². The normalized spacial score (nSPS) is 13.9. The quantitative estimate of drug-likeness (QED) is 0.414. The van der Waals surface area contributed by atoms with Crippen LogP contribution in [-0.4, -0.2) is 60.1 Å². The highest BCUT2D eigenvalue weighted by Gasteiger charge is 2.39. The SMILES string of the molecule is CCOC(=O)C[C@@H](C(=O)OCC)[C@H](NC(=O)[C@H](NC(C)=O)C(C)C)C(=O)O. The second-order valence-corrected chi connectivity index (χ2v) is 6.11. The minimum atomic E-state index is -1.73. The number of amides is 2. The first-order valence-corrected chi connectivity index (χ1v) is 8.67. The summed E-state index contributed by atoms with van der Waals surface area (Å²) in [5.41, 5.74) is 0. The minimum absolute atomic E-state index is 0.0288. The lowest BCUT2D eigenvalue weighted by atomic mass is 9.94. The van der Waals surface area contributed by atoms with Crippen LogP contribution in [0.2, 0.25) is 0 Å². The Morgan fingerprint density at radius 1 is 0.926 bits per heavy atom. The Bertz CT molecular complexity index is 561. The van der Waals surface area contributed by atoms with E-state index in [9.17, 15) is 29.1 Å². The van der Waals surface area contributed by atoms with Crippen molar-refractivity contribution in [2.24, 2.45) is 11.8 Å². The molecule has 3 N–H and O–H groups in total. The van der Waals surface area contributed by atoms with Crippen molar-refractivity contribution in [3.8, 4) is 0 Å². The van der Waals surface area contributed by atoms with Crippen molar-refractivity contribution >= 4 is 29.7 Å². The first kappa shape index (κ1) is 24.4. The van der Waals surface area contributed by atoms with Crippen molar-refractivity contribution in [1.29, 1.82) is 0 Å². The standard InChI is InChI=1S/C17H28N2O8/c1-6-26-12(21)8-11(17(25)27-7-2)14(16(23)24)19-15(22)13(9(3)4)18-10(5)20/h9,11,13-14H,6-8H2,1-5H3,(H,18,20)(H,19,22)(H,23,24)/t11-,13-,14+/m1/s1. The topological polar surface area (TPSA) is 148 Å². The molecule has 2 amide bonds. The molecular formula is C17H28N2O8. The molecule has 154 valence electrons. The number of carbonyl (C=O) groups excluding carboxylic acids is 4. The van der Waals surface area contributed by atoms with Gasteiger partial charge in [0.05, 0.1) is 25.6 Å². The maximum absolute atomic E-state index is 12.5. The van der Waals surface area contributed by atoms with Gasteiger partial charge in [-0.2, -0.15) is 0 Å². The fourth-order valence-electron chi connectivity index (χ4n) is 2.32. The summed E-state index contributed by atoms with van der Waals surface area (Å²) in [6, 6.07) is -2.73. The summed E-state index contributed by atoms with van der Waals surface area (Å²) in [6.45, 7) is 7.66. The highest BCUT2D eigenvalue weighted by Crippen LogP contribution is 2.15. The third kappa shape index (κ3) is 8.52. The first-order chi connectivity index (χ1) is 12.5. The number of hydrogen-bond donors (Lipinski definition) is 3. The molecule has 0 saturated carbocycles. The van der Waals surface area contributed by atoms with Gasteiger partial charge in [-0.05, 0) is 19.8 Å². The number of ether oxygens (including phenoxy) is 2. The zero-order chi connectivity index (χ0) is 21.1. The number of esters is 2. The van der Waals surface area contributed by atoms with Gasteiger partial charge in [0.2, 0.25) is 11.8 Å². The summed E-state index contributed by atoms with van der Waals surface area (Å²) in [5.74, 6) is -6.33.